The molecule has 0 atom stereocenters. The molecule has 1 aliphatic heterocycles. The van der Waals surface area contributed by atoms with E-state index in [1.165, 1.54) is 18.4 Å². The van der Waals surface area contributed by atoms with Crippen molar-refractivity contribution in [2.75, 3.05) is 20.1 Å². The van der Waals surface area contributed by atoms with Crippen LogP contribution in [0, 0.1) is 0 Å². The Kier molecular flexibility index (Phi) is 3.26. The summed E-state index contributed by atoms with van der Waals surface area (Å²) in [4.78, 5) is 2.08. The summed E-state index contributed by atoms with van der Waals surface area (Å²) < 4.78 is 44.3. The van der Waals surface area contributed by atoms with E-state index in [0.29, 0.717) is 31.5 Å². The number of fused-ring (bicyclic) bond motifs is 1. The molecule has 0 amide bonds. The van der Waals surface area contributed by atoms with Crippen LogP contribution in [-0.4, -0.2) is 30.1 Å². The summed E-state index contributed by atoms with van der Waals surface area (Å²) in [6, 6.07) is 3.68. The predicted molar refractivity (Wildman–Crippen MR) is 71.8 cm³/mol. The van der Waals surface area contributed by atoms with E-state index >= 15 is 0 Å². The van der Waals surface area contributed by atoms with E-state index in [0.717, 1.165) is 6.07 Å². The monoisotopic (exact) mass is 299 g/mol. The van der Waals surface area contributed by atoms with Gasteiger partial charge < -0.3 is 14.4 Å². The molecule has 0 spiro atoms. The Morgan fingerprint density at radius 2 is 1.86 bits per heavy atom. The zero-order valence-electron chi connectivity index (χ0n) is 11.6. The fourth-order valence-corrected chi connectivity index (χ4v) is 2.93. The van der Waals surface area contributed by atoms with Crippen LogP contribution in [0.25, 0.3) is 11.0 Å². The zero-order valence-corrected chi connectivity index (χ0v) is 11.6. The van der Waals surface area contributed by atoms with Gasteiger partial charge in [0.05, 0.1) is 17.4 Å². The quantitative estimate of drug-likeness (QED) is 0.877. The van der Waals surface area contributed by atoms with Crippen LogP contribution in [0.15, 0.2) is 28.9 Å². The van der Waals surface area contributed by atoms with Crippen molar-refractivity contribution in [3.8, 4) is 0 Å². The number of hydrogen-bond donors (Lipinski definition) is 1. The number of nitrogens with zero attached hydrogens (tertiary/aromatic N) is 1. The smallest absolute Gasteiger partial charge is 0.417 e. The fourth-order valence-electron chi connectivity index (χ4n) is 2.93. The van der Waals surface area contributed by atoms with Gasteiger partial charge in [0.2, 0.25) is 0 Å². The van der Waals surface area contributed by atoms with E-state index in [4.69, 9.17) is 4.42 Å². The minimum Gasteiger partial charge on any atom is -0.464 e. The molecule has 6 heteroatoms. The molecule has 3 rings (SSSR count). The lowest BCUT2D eigenvalue weighted by atomic mass is 9.83. The van der Waals surface area contributed by atoms with E-state index in [1.54, 1.807) is 0 Å². The average Bonchev–Trinajstić information content (AvgIpc) is 2.89. The topological polar surface area (TPSA) is 36.6 Å². The summed E-state index contributed by atoms with van der Waals surface area (Å²) in [6.45, 7) is 1.39. The Hall–Kier alpha value is -1.53. The van der Waals surface area contributed by atoms with Crippen molar-refractivity contribution < 1.29 is 22.7 Å². The summed E-state index contributed by atoms with van der Waals surface area (Å²) >= 11 is 0. The first-order valence-corrected chi connectivity index (χ1v) is 6.80. The van der Waals surface area contributed by atoms with Crippen LogP contribution in [-0.2, 0) is 11.8 Å². The van der Waals surface area contributed by atoms with Crippen molar-refractivity contribution in [1.29, 1.82) is 0 Å². The van der Waals surface area contributed by atoms with Crippen LogP contribution >= 0.6 is 0 Å². The number of aliphatic hydroxyl groups is 1. The molecule has 1 fully saturated rings. The van der Waals surface area contributed by atoms with E-state index in [1.807, 2.05) is 7.05 Å². The zero-order chi connectivity index (χ0) is 15.3. The van der Waals surface area contributed by atoms with Gasteiger partial charge in [-0.2, -0.15) is 13.2 Å². The van der Waals surface area contributed by atoms with Crippen LogP contribution in [0.5, 0.6) is 0 Å². The van der Waals surface area contributed by atoms with Gasteiger partial charge in [0, 0.05) is 24.0 Å². The third-order valence-corrected chi connectivity index (χ3v) is 4.24. The normalized spacial score (nSPS) is 20.0. The molecule has 0 bridgehead atoms. The molecule has 1 saturated heterocycles. The highest BCUT2D eigenvalue weighted by atomic mass is 19.4. The van der Waals surface area contributed by atoms with Gasteiger partial charge in [-0.3, -0.25) is 0 Å². The van der Waals surface area contributed by atoms with Gasteiger partial charge in [-0.25, -0.2) is 0 Å². The molecule has 21 heavy (non-hydrogen) atoms. The van der Waals surface area contributed by atoms with Gasteiger partial charge in [-0.15, -0.1) is 0 Å². The molecule has 114 valence electrons. The van der Waals surface area contributed by atoms with Crippen LogP contribution in [0.1, 0.15) is 24.0 Å². The van der Waals surface area contributed by atoms with Crippen molar-refractivity contribution in [3.05, 3.63) is 35.6 Å². The number of halogens is 3. The standard InChI is InChI=1S/C15H16F3NO2/c1-19-7-5-14(20,6-8-19)12-3-2-11(15(16,17)18)10-4-9-21-13(10)12/h2-4,9,20H,5-8H2,1H3. The van der Waals surface area contributed by atoms with Crippen LogP contribution in [0.4, 0.5) is 13.2 Å². The second kappa shape index (κ2) is 4.74. The lowest BCUT2D eigenvalue weighted by Crippen LogP contribution is -2.40. The van der Waals surface area contributed by atoms with Crippen LogP contribution in [0.3, 0.4) is 0 Å². The van der Waals surface area contributed by atoms with E-state index in [9.17, 15) is 18.3 Å². The van der Waals surface area contributed by atoms with Crippen molar-refractivity contribution >= 4 is 11.0 Å². The van der Waals surface area contributed by atoms with E-state index in [-0.39, 0.29) is 11.0 Å². The first-order valence-electron chi connectivity index (χ1n) is 6.80. The molecular formula is C15H16F3NO2. The van der Waals surface area contributed by atoms with Gasteiger partial charge in [-0.05, 0) is 32.0 Å². The maximum atomic E-state index is 13.0. The number of furan rings is 1. The summed E-state index contributed by atoms with van der Waals surface area (Å²) in [6.07, 6.45) is -2.24. The van der Waals surface area contributed by atoms with E-state index < -0.39 is 17.3 Å². The second-order valence-corrected chi connectivity index (χ2v) is 5.66. The second-order valence-electron chi connectivity index (χ2n) is 5.66. The maximum Gasteiger partial charge on any atom is 0.417 e. The highest BCUT2D eigenvalue weighted by Gasteiger charge is 2.39. The molecule has 0 saturated carbocycles. The number of rotatable bonds is 1. The maximum absolute atomic E-state index is 13.0. The molecule has 0 aliphatic carbocycles. The van der Waals surface area contributed by atoms with Crippen molar-refractivity contribution in [3.63, 3.8) is 0 Å². The number of alkyl halides is 3. The van der Waals surface area contributed by atoms with Gasteiger partial charge >= 0.3 is 6.18 Å². The summed E-state index contributed by atoms with van der Waals surface area (Å²) in [7, 11) is 1.95. The molecule has 2 heterocycles. The number of benzene rings is 1. The minimum atomic E-state index is -4.43. The number of piperidine rings is 1. The number of hydrogen-bond acceptors (Lipinski definition) is 3. The Morgan fingerprint density at radius 1 is 1.19 bits per heavy atom. The van der Waals surface area contributed by atoms with Gasteiger partial charge in [0.25, 0.3) is 0 Å². The summed E-state index contributed by atoms with van der Waals surface area (Å²) in [5.74, 6) is 0. The highest BCUT2D eigenvalue weighted by molar-refractivity contribution is 5.85. The molecule has 1 aromatic carbocycles. The van der Waals surface area contributed by atoms with E-state index in [2.05, 4.69) is 4.90 Å². The summed E-state index contributed by atoms with van der Waals surface area (Å²) in [5.41, 5.74) is -1.28. The molecular weight excluding hydrogens is 283 g/mol. The van der Waals surface area contributed by atoms with Crippen LogP contribution < -0.4 is 0 Å². The lowest BCUT2D eigenvalue weighted by molar-refractivity contribution is -0.136. The molecule has 0 unspecified atom stereocenters. The average molecular weight is 299 g/mol. The Balaban J connectivity index is 2.11. The first-order chi connectivity index (χ1) is 9.81. The lowest BCUT2D eigenvalue weighted by Gasteiger charge is -2.37. The van der Waals surface area contributed by atoms with Gasteiger partial charge in [-0.1, -0.05) is 6.07 Å². The van der Waals surface area contributed by atoms with Crippen molar-refractivity contribution in [1.82, 2.24) is 4.90 Å². The fraction of sp³-hybridized carbons (Fsp3) is 0.467. The van der Waals surface area contributed by atoms with Crippen LogP contribution in [0.2, 0.25) is 0 Å². The molecule has 2 aromatic rings. The minimum absolute atomic E-state index is 0.00681. The van der Waals surface area contributed by atoms with Gasteiger partial charge in [0.1, 0.15) is 5.58 Å². The third-order valence-electron chi connectivity index (χ3n) is 4.24. The Bertz CT molecular complexity index is 654. The first kappa shape index (κ1) is 14.4. The third kappa shape index (κ3) is 2.42. The van der Waals surface area contributed by atoms with Crippen molar-refractivity contribution in [2.24, 2.45) is 0 Å². The van der Waals surface area contributed by atoms with Gasteiger partial charge in [0.15, 0.2) is 0 Å². The molecule has 1 N–H and O–H groups in total. The molecule has 3 nitrogen and oxygen atoms in total. The molecule has 1 aromatic heterocycles. The molecule has 1 aliphatic rings. The Morgan fingerprint density at radius 3 is 2.48 bits per heavy atom. The Labute approximate surface area is 120 Å². The number of likely N-dealkylation sites (tertiary alicyclic amines) is 1. The SMILES string of the molecule is CN1CCC(O)(c2ccc(C(F)(F)F)c3ccoc23)CC1. The largest absolute Gasteiger partial charge is 0.464 e. The highest BCUT2D eigenvalue weighted by Crippen LogP contribution is 2.41. The predicted octanol–water partition coefficient (Wildman–Crippen LogP) is 3.36. The summed E-state index contributed by atoms with van der Waals surface area (Å²) in [5, 5.41) is 10.8. The van der Waals surface area contributed by atoms with Crippen molar-refractivity contribution in [2.45, 2.75) is 24.6 Å². The molecule has 0 radical (unpaired) electrons.